The zero-order valence-electron chi connectivity index (χ0n) is 4.83. The zero-order valence-corrected chi connectivity index (χ0v) is 4.83. The molecule has 2 heteroatoms. The van der Waals surface area contributed by atoms with Gasteiger partial charge in [-0.3, -0.25) is 0 Å². The lowest BCUT2D eigenvalue weighted by Gasteiger charge is -1.94. The van der Waals surface area contributed by atoms with Crippen molar-refractivity contribution < 1.29 is 5.11 Å². The van der Waals surface area contributed by atoms with E-state index in [1.165, 1.54) is 12.2 Å². The Morgan fingerprint density at radius 2 is 2.50 bits per heavy atom. The van der Waals surface area contributed by atoms with Crippen molar-refractivity contribution in [2.45, 2.75) is 19.4 Å². The van der Waals surface area contributed by atoms with Gasteiger partial charge in [0.15, 0.2) is 0 Å². The molecule has 0 unspecified atom stereocenters. The minimum Gasteiger partial charge on any atom is -0.389 e. The molecular weight excluding hydrogens is 102 g/mol. The van der Waals surface area contributed by atoms with Gasteiger partial charge in [0.1, 0.15) is 0 Å². The molecule has 8 heavy (non-hydrogen) atoms. The third-order valence-electron chi connectivity index (χ3n) is 0.811. The molecule has 0 rings (SSSR count). The summed E-state index contributed by atoms with van der Waals surface area (Å²) in [6, 6.07) is 1.79. The summed E-state index contributed by atoms with van der Waals surface area (Å²) < 4.78 is 0. The van der Waals surface area contributed by atoms with Crippen molar-refractivity contribution in [1.82, 2.24) is 0 Å². The van der Waals surface area contributed by atoms with E-state index in [0.717, 1.165) is 0 Å². The summed E-state index contributed by atoms with van der Waals surface area (Å²) in [5.41, 5.74) is 0. The predicted octanol–water partition coefficient (Wildman–Crippen LogP) is 0.837. The lowest BCUT2D eigenvalue weighted by atomic mass is 10.3. The minimum atomic E-state index is -0.449. The van der Waals surface area contributed by atoms with Gasteiger partial charge in [0.2, 0.25) is 0 Å². The summed E-state index contributed by atoms with van der Waals surface area (Å²) in [7, 11) is 0. The van der Waals surface area contributed by atoms with Crippen LogP contribution in [0.1, 0.15) is 13.3 Å². The van der Waals surface area contributed by atoms with E-state index in [0.29, 0.717) is 6.42 Å². The van der Waals surface area contributed by atoms with Crippen LogP contribution in [0.15, 0.2) is 12.2 Å². The van der Waals surface area contributed by atoms with E-state index >= 15 is 0 Å². The maximum absolute atomic E-state index is 8.75. The summed E-state index contributed by atoms with van der Waals surface area (Å²) in [6.07, 6.45) is 2.97. The molecule has 2 nitrogen and oxygen atoms in total. The summed E-state index contributed by atoms with van der Waals surface area (Å²) >= 11 is 0. The van der Waals surface area contributed by atoms with Crippen molar-refractivity contribution in [3.8, 4) is 6.07 Å². The Balaban J connectivity index is 3.40. The highest BCUT2D eigenvalue weighted by atomic mass is 16.3. The third kappa shape index (κ3) is 3.38. The lowest BCUT2D eigenvalue weighted by Crippen LogP contribution is -1.97. The van der Waals surface area contributed by atoms with Gasteiger partial charge in [-0.05, 0) is 12.5 Å². The predicted molar refractivity (Wildman–Crippen MR) is 31.1 cm³/mol. The second-order valence-electron chi connectivity index (χ2n) is 1.46. The number of hydrogen-bond acceptors (Lipinski definition) is 2. The topological polar surface area (TPSA) is 44.0 Å². The molecule has 0 aromatic heterocycles. The normalized spacial score (nSPS) is 13.6. The van der Waals surface area contributed by atoms with Gasteiger partial charge in [-0.2, -0.15) is 5.26 Å². The molecule has 0 heterocycles. The molecule has 44 valence electrons. The molecule has 0 fully saturated rings. The van der Waals surface area contributed by atoms with Crippen LogP contribution in [0.3, 0.4) is 0 Å². The molecule has 0 spiro atoms. The molecule has 0 aliphatic carbocycles. The largest absolute Gasteiger partial charge is 0.389 e. The zero-order chi connectivity index (χ0) is 6.41. The fourth-order valence-corrected chi connectivity index (χ4v) is 0.290. The quantitative estimate of drug-likeness (QED) is 0.536. The van der Waals surface area contributed by atoms with Crippen molar-refractivity contribution >= 4 is 0 Å². The van der Waals surface area contributed by atoms with Crippen LogP contribution >= 0.6 is 0 Å². The maximum Gasteiger partial charge on any atom is 0.0909 e. The van der Waals surface area contributed by atoms with E-state index in [1.54, 1.807) is 6.07 Å². The van der Waals surface area contributed by atoms with E-state index in [9.17, 15) is 0 Å². The number of aliphatic hydroxyl groups excluding tert-OH is 1. The highest BCUT2D eigenvalue weighted by Gasteiger charge is 1.89. The van der Waals surface area contributed by atoms with Crippen LogP contribution in [0.25, 0.3) is 0 Å². The van der Waals surface area contributed by atoms with Gasteiger partial charge in [-0.25, -0.2) is 0 Å². The molecule has 0 amide bonds. The standard InChI is InChI=1S/C6H9NO/c1-2-6(8)4-3-5-7/h3-4,6,8H,2H2,1H3/b4-3+/t6-/m1/s1. The van der Waals surface area contributed by atoms with E-state index in [2.05, 4.69) is 0 Å². The van der Waals surface area contributed by atoms with Gasteiger partial charge < -0.3 is 5.11 Å². The Hall–Kier alpha value is -0.810. The average Bonchev–Trinajstić information content (AvgIpc) is 1.83. The lowest BCUT2D eigenvalue weighted by molar-refractivity contribution is 0.219. The fourth-order valence-electron chi connectivity index (χ4n) is 0.290. The minimum absolute atomic E-state index is 0.449. The van der Waals surface area contributed by atoms with Gasteiger partial charge >= 0.3 is 0 Å². The van der Waals surface area contributed by atoms with Crippen molar-refractivity contribution in [1.29, 1.82) is 5.26 Å². The Bertz CT molecular complexity index is 112. The van der Waals surface area contributed by atoms with Crippen LogP contribution in [-0.2, 0) is 0 Å². The molecule has 0 aromatic carbocycles. The number of nitriles is 1. The van der Waals surface area contributed by atoms with E-state index < -0.39 is 6.10 Å². The number of allylic oxidation sites excluding steroid dienone is 1. The Morgan fingerprint density at radius 1 is 1.88 bits per heavy atom. The van der Waals surface area contributed by atoms with Gasteiger partial charge in [0, 0.05) is 6.08 Å². The van der Waals surface area contributed by atoms with Gasteiger partial charge in [0.05, 0.1) is 12.2 Å². The second kappa shape index (κ2) is 4.35. The average molecular weight is 111 g/mol. The van der Waals surface area contributed by atoms with Crippen LogP contribution in [-0.4, -0.2) is 11.2 Å². The molecule has 0 radical (unpaired) electrons. The van der Waals surface area contributed by atoms with Crippen LogP contribution in [0.2, 0.25) is 0 Å². The number of aliphatic hydroxyl groups is 1. The van der Waals surface area contributed by atoms with E-state index in [-0.39, 0.29) is 0 Å². The number of nitrogens with zero attached hydrogens (tertiary/aromatic N) is 1. The second-order valence-corrected chi connectivity index (χ2v) is 1.46. The molecule has 1 N–H and O–H groups in total. The first-order valence-corrected chi connectivity index (χ1v) is 2.55. The first-order chi connectivity index (χ1) is 3.81. The van der Waals surface area contributed by atoms with Crippen molar-refractivity contribution in [2.75, 3.05) is 0 Å². The molecular formula is C6H9NO. The fraction of sp³-hybridized carbons (Fsp3) is 0.500. The summed E-state index contributed by atoms with van der Waals surface area (Å²) in [5, 5.41) is 16.7. The van der Waals surface area contributed by atoms with Gasteiger partial charge in [0.25, 0.3) is 0 Å². The monoisotopic (exact) mass is 111 g/mol. The Kier molecular flexibility index (Phi) is 3.91. The molecule has 0 aromatic rings. The molecule has 1 atom stereocenters. The third-order valence-corrected chi connectivity index (χ3v) is 0.811. The first-order valence-electron chi connectivity index (χ1n) is 2.55. The SMILES string of the molecule is CC[C@@H](O)/C=C/C#N. The highest BCUT2D eigenvalue weighted by Crippen LogP contribution is 1.89. The van der Waals surface area contributed by atoms with Crippen molar-refractivity contribution in [3.05, 3.63) is 12.2 Å². The smallest absolute Gasteiger partial charge is 0.0909 e. The van der Waals surface area contributed by atoms with Gasteiger partial charge in [-0.15, -0.1) is 0 Å². The Labute approximate surface area is 49.1 Å². The maximum atomic E-state index is 8.75. The van der Waals surface area contributed by atoms with Crippen molar-refractivity contribution in [3.63, 3.8) is 0 Å². The molecule has 0 bridgehead atoms. The molecule has 0 aliphatic rings. The van der Waals surface area contributed by atoms with Crippen LogP contribution < -0.4 is 0 Å². The first kappa shape index (κ1) is 7.19. The van der Waals surface area contributed by atoms with Crippen LogP contribution in [0.5, 0.6) is 0 Å². The molecule has 0 saturated carbocycles. The van der Waals surface area contributed by atoms with Crippen LogP contribution in [0.4, 0.5) is 0 Å². The van der Waals surface area contributed by atoms with E-state index in [4.69, 9.17) is 10.4 Å². The molecule has 0 aliphatic heterocycles. The number of rotatable bonds is 2. The molecule has 0 saturated heterocycles. The summed E-state index contributed by atoms with van der Waals surface area (Å²) in [5.74, 6) is 0. The number of hydrogen-bond donors (Lipinski definition) is 1. The van der Waals surface area contributed by atoms with Crippen molar-refractivity contribution in [2.24, 2.45) is 0 Å². The summed E-state index contributed by atoms with van der Waals surface area (Å²) in [4.78, 5) is 0. The summed E-state index contributed by atoms with van der Waals surface area (Å²) in [6.45, 7) is 1.85. The van der Waals surface area contributed by atoms with Gasteiger partial charge in [-0.1, -0.05) is 6.92 Å². The Morgan fingerprint density at radius 3 is 2.88 bits per heavy atom. The highest BCUT2D eigenvalue weighted by molar-refractivity contribution is 5.03. The van der Waals surface area contributed by atoms with E-state index in [1.807, 2.05) is 6.92 Å². The van der Waals surface area contributed by atoms with Crippen LogP contribution in [0, 0.1) is 11.3 Å².